The van der Waals surface area contributed by atoms with Crippen LogP contribution in [0.4, 0.5) is 0 Å². The van der Waals surface area contributed by atoms with Crippen LogP contribution in [-0.2, 0) is 9.47 Å². The molecule has 0 amide bonds. The minimum Gasteiger partial charge on any atom is -0.378 e. The van der Waals surface area contributed by atoms with Crippen molar-refractivity contribution >= 4 is 12.6 Å². The van der Waals surface area contributed by atoms with Crippen LogP contribution in [0.5, 0.6) is 0 Å². The van der Waals surface area contributed by atoms with Gasteiger partial charge in [0.15, 0.2) is 0 Å². The van der Waals surface area contributed by atoms with E-state index in [2.05, 4.69) is 19.6 Å². The van der Waals surface area contributed by atoms with Crippen LogP contribution in [-0.4, -0.2) is 31.2 Å². The van der Waals surface area contributed by atoms with E-state index >= 15 is 0 Å². The van der Waals surface area contributed by atoms with Crippen LogP contribution in [0.25, 0.3) is 0 Å². The molecule has 2 atom stereocenters. The van der Waals surface area contributed by atoms with Crippen molar-refractivity contribution < 1.29 is 9.47 Å². The summed E-state index contributed by atoms with van der Waals surface area (Å²) >= 11 is 4.00. The topological polar surface area (TPSA) is 21.8 Å². The third-order valence-electron chi connectivity index (χ3n) is 1.35. The molecular weight excluding hydrogens is 136 g/mol. The summed E-state index contributed by atoms with van der Waals surface area (Å²) in [6, 6.07) is 0. The lowest BCUT2D eigenvalue weighted by atomic mass is 10.4. The molecule has 0 spiro atoms. The third-order valence-corrected chi connectivity index (χ3v) is 1.54. The van der Waals surface area contributed by atoms with Gasteiger partial charge >= 0.3 is 0 Å². The van der Waals surface area contributed by atoms with E-state index in [4.69, 9.17) is 9.47 Å². The first-order valence-corrected chi connectivity index (χ1v) is 3.82. The molecule has 1 aliphatic heterocycles. The molecule has 1 heterocycles. The molecule has 1 rings (SSSR count). The summed E-state index contributed by atoms with van der Waals surface area (Å²) in [6.45, 7) is 3.52. The molecular formula is C6H12O2S. The van der Waals surface area contributed by atoms with E-state index in [1.165, 1.54) is 0 Å². The summed E-state index contributed by atoms with van der Waals surface area (Å²) in [5.74, 6) is 0.793. The Morgan fingerprint density at radius 1 is 1.67 bits per heavy atom. The second kappa shape index (κ2) is 3.44. The van der Waals surface area contributed by atoms with E-state index in [1.54, 1.807) is 0 Å². The van der Waals surface area contributed by atoms with Crippen LogP contribution in [0.2, 0.25) is 0 Å². The summed E-state index contributed by atoms with van der Waals surface area (Å²) in [5.41, 5.74) is 0. The molecule has 0 aromatic rings. The van der Waals surface area contributed by atoms with E-state index in [9.17, 15) is 0 Å². The molecule has 0 aliphatic carbocycles. The molecule has 0 N–H and O–H groups in total. The number of hydrogen-bond donors (Lipinski definition) is 1. The highest BCUT2D eigenvalue weighted by molar-refractivity contribution is 7.80. The summed E-state index contributed by atoms with van der Waals surface area (Å²) in [6.07, 6.45) is 0.787. The van der Waals surface area contributed by atoms with Gasteiger partial charge in [0.2, 0.25) is 0 Å². The SMILES string of the molecule is CC1OC1COCCS. The Morgan fingerprint density at radius 3 is 2.78 bits per heavy atom. The molecule has 2 unspecified atom stereocenters. The van der Waals surface area contributed by atoms with Crippen molar-refractivity contribution in [3.8, 4) is 0 Å². The first-order chi connectivity index (χ1) is 4.34. The van der Waals surface area contributed by atoms with Crippen LogP contribution >= 0.6 is 12.6 Å². The van der Waals surface area contributed by atoms with Crippen molar-refractivity contribution in [3.05, 3.63) is 0 Å². The molecule has 1 saturated heterocycles. The molecule has 0 saturated carbocycles. The van der Waals surface area contributed by atoms with Crippen LogP contribution in [0.3, 0.4) is 0 Å². The fourth-order valence-corrected chi connectivity index (χ4v) is 0.798. The van der Waals surface area contributed by atoms with E-state index in [0.29, 0.717) is 12.2 Å². The number of rotatable bonds is 4. The molecule has 2 nitrogen and oxygen atoms in total. The van der Waals surface area contributed by atoms with Gasteiger partial charge in [0.25, 0.3) is 0 Å². The summed E-state index contributed by atoms with van der Waals surface area (Å²) in [5, 5.41) is 0. The molecule has 0 bridgehead atoms. The van der Waals surface area contributed by atoms with Crippen molar-refractivity contribution in [2.75, 3.05) is 19.0 Å². The Morgan fingerprint density at radius 2 is 2.33 bits per heavy atom. The highest BCUT2D eigenvalue weighted by Crippen LogP contribution is 2.20. The highest BCUT2D eigenvalue weighted by Gasteiger charge is 2.33. The van der Waals surface area contributed by atoms with E-state index in [1.807, 2.05) is 0 Å². The lowest BCUT2D eigenvalue weighted by Gasteiger charge is -1.95. The first kappa shape index (κ1) is 7.38. The van der Waals surface area contributed by atoms with Gasteiger partial charge in [0.05, 0.1) is 19.3 Å². The van der Waals surface area contributed by atoms with Crippen LogP contribution in [0.1, 0.15) is 6.92 Å². The average Bonchev–Trinajstić information content (AvgIpc) is 2.48. The molecule has 9 heavy (non-hydrogen) atoms. The van der Waals surface area contributed by atoms with Crippen molar-refractivity contribution in [1.29, 1.82) is 0 Å². The number of epoxide rings is 1. The van der Waals surface area contributed by atoms with Gasteiger partial charge < -0.3 is 9.47 Å². The Bertz CT molecular complexity index is 87.1. The first-order valence-electron chi connectivity index (χ1n) is 3.18. The quantitative estimate of drug-likeness (QED) is 0.360. The summed E-state index contributed by atoms with van der Waals surface area (Å²) in [4.78, 5) is 0. The van der Waals surface area contributed by atoms with Crippen molar-refractivity contribution in [2.45, 2.75) is 19.1 Å². The van der Waals surface area contributed by atoms with Crippen molar-refractivity contribution in [2.24, 2.45) is 0 Å². The zero-order valence-electron chi connectivity index (χ0n) is 5.54. The fraction of sp³-hybridized carbons (Fsp3) is 1.00. The largest absolute Gasteiger partial charge is 0.378 e. The Hall–Kier alpha value is 0.270. The van der Waals surface area contributed by atoms with Gasteiger partial charge in [-0.15, -0.1) is 0 Å². The second-order valence-corrected chi connectivity index (χ2v) is 2.63. The Kier molecular flexibility index (Phi) is 2.82. The van der Waals surface area contributed by atoms with Crippen LogP contribution < -0.4 is 0 Å². The number of thiol groups is 1. The molecule has 0 radical (unpaired) electrons. The van der Waals surface area contributed by atoms with E-state index in [-0.39, 0.29) is 0 Å². The Labute approximate surface area is 60.9 Å². The van der Waals surface area contributed by atoms with Gasteiger partial charge in [-0.25, -0.2) is 0 Å². The maximum Gasteiger partial charge on any atom is 0.107 e. The number of hydrogen-bond acceptors (Lipinski definition) is 3. The molecule has 0 aromatic heterocycles. The van der Waals surface area contributed by atoms with Gasteiger partial charge in [-0.05, 0) is 6.92 Å². The minimum absolute atomic E-state index is 0.366. The maximum atomic E-state index is 5.18. The van der Waals surface area contributed by atoms with Gasteiger partial charge in [-0.1, -0.05) is 0 Å². The fourth-order valence-electron chi connectivity index (χ4n) is 0.669. The lowest BCUT2D eigenvalue weighted by molar-refractivity contribution is 0.130. The number of ether oxygens (including phenoxy) is 2. The maximum absolute atomic E-state index is 5.18. The molecule has 1 fully saturated rings. The van der Waals surface area contributed by atoms with Crippen LogP contribution in [0.15, 0.2) is 0 Å². The van der Waals surface area contributed by atoms with Gasteiger partial charge in [0.1, 0.15) is 6.10 Å². The smallest absolute Gasteiger partial charge is 0.107 e. The monoisotopic (exact) mass is 148 g/mol. The van der Waals surface area contributed by atoms with Crippen LogP contribution in [0, 0.1) is 0 Å². The normalized spacial score (nSPS) is 32.7. The predicted octanol–water partition coefficient (Wildman–Crippen LogP) is 0.720. The van der Waals surface area contributed by atoms with E-state index < -0.39 is 0 Å². The molecule has 54 valence electrons. The zero-order valence-corrected chi connectivity index (χ0v) is 6.43. The zero-order chi connectivity index (χ0) is 6.69. The third kappa shape index (κ3) is 2.56. The predicted molar refractivity (Wildman–Crippen MR) is 39.0 cm³/mol. The lowest BCUT2D eigenvalue weighted by Crippen LogP contribution is -2.04. The minimum atomic E-state index is 0.366. The van der Waals surface area contributed by atoms with Crippen molar-refractivity contribution in [1.82, 2.24) is 0 Å². The molecule has 3 heteroatoms. The van der Waals surface area contributed by atoms with Gasteiger partial charge in [0, 0.05) is 5.75 Å². The van der Waals surface area contributed by atoms with E-state index in [0.717, 1.165) is 19.0 Å². The standard InChI is InChI=1S/C6H12O2S/c1-5-6(8-5)4-7-2-3-9/h5-6,9H,2-4H2,1H3. The second-order valence-electron chi connectivity index (χ2n) is 2.18. The molecule has 0 aromatic carbocycles. The van der Waals surface area contributed by atoms with Gasteiger partial charge in [-0.2, -0.15) is 12.6 Å². The highest BCUT2D eigenvalue weighted by atomic mass is 32.1. The molecule has 1 aliphatic rings. The van der Waals surface area contributed by atoms with Crippen molar-refractivity contribution in [3.63, 3.8) is 0 Å². The summed E-state index contributed by atoms with van der Waals surface area (Å²) in [7, 11) is 0. The Balaban J connectivity index is 1.83. The van der Waals surface area contributed by atoms with Gasteiger partial charge in [-0.3, -0.25) is 0 Å². The summed E-state index contributed by atoms with van der Waals surface area (Å²) < 4.78 is 10.3. The average molecular weight is 148 g/mol.